The van der Waals surface area contributed by atoms with Crippen molar-refractivity contribution in [2.45, 2.75) is 40.3 Å². The lowest BCUT2D eigenvalue weighted by molar-refractivity contribution is 0.231. The van der Waals surface area contributed by atoms with Crippen LogP contribution in [0.4, 0.5) is 0 Å². The highest BCUT2D eigenvalue weighted by Gasteiger charge is 2.18. The summed E-state index contributed by atoms with van der Waals surface area (Å²) in [6, 6.07) is 0. The number of aromatic nitrogens is 2. The molecule has 0 saturated heterocycles. The van der Waals surface area contributed by atoms with Gasteiger partial charge >= 0.3 is 0 Å². The van der Waals surface area contributed by atoms with Gasteiger partial charge < -0.3 is 14.8 Å². The molecule has 1 N–H and O–H groups in total. The van der Waals surface area contributed by atoms with Crippen molar-refractivity contribution in [3.8, 4) is 0 Å². The van der Waals surface area contributed by atoms with Crippen molar-refractivity contribution in [1.82, 2.24) is 19.8 Å². The van der Waals surface area contributed by atoms with Gasteiger partial charge in [0, 0.05) is 32.0 Å². The molecule has 0 unspecified atom stereocenters. The van der Waals surface area contributed by atoms with Crippen molar-refractivity contribution in [2.75, 3.05) is 27.2 Å². The number of hydrogen-bond acceptors (Lipinski definition) is 3. The highest BCUT2D eigenvalue weighted by Crippen LogP contribution is 2.14. The Morgan fingerprint density at radius 2 is 2.11 bits per heavy atom. The Morgan fingerprint density at radius 1 is 1.39 bits per heavy atom. The first-order valence-electron chi connectivity index (χ1n) is 6.80. The summed E-state index contributed by atoms with van der Waals surface area (Å²) in [6.07, 6.45) is 5.10. The molecule has 0 amide bonds. The van der Waals surface area contributed by atoms with Crippen molar-refractivity contribution >= 4 is 0 Å². The summed E-state index contributed by atoms with van der Waals surface area (Å²) >= 11 is 0. The maximum Gasteiger partial charge on any atom is 0.122 e. The number of aryl methyl sites for hydroxylation is 1. The zero-order valence-electron chi connectivity index (χ0n) is 12.5. The van der Waals surface area contributed by atoms with E-state index in [1.807, 2.05) is 6.20 Å². The molecule has 1 rings (SSSR count). The third-order valence-corrected chi connectivity index (χ3v) is 2.90. The SMILES string of the molecule is CCCn1ccnc1CNCC(C)(C)CN(C)C. The fourth-order valence-corrected chi connectivity index (χ4v) is 2.38. The lowest BCUT2D eigenvalue weighted by Crippen LogP contribution is -2.37. The summed E-state index contributed by atoms with van der Waals surface area (Å²) in [4.78, 5) is 6.64. The van der Waals surface area contributed by atoms with Crippen LogP contribution in [0.15, 0.2) is 12.4 Å². The number of rotatable bonds is 8. The summed E-state index contributed by atoms with van der Waals surface area (Å²) in [7, 11) is 4.24. The van der Waals surface area contributed by atoms with Gasteiger partial charge in [0.25, 0.3) is 0 Å². The monoisotopic (exact) mass is 252 g/mol. The van der Waals surface area contributed by atoms with Gasteiger partial charge in [-0.25, -0.2) is 4.98 Å². The molecule has 4 heteroatoms. The van der Waals surface area contributed by atoms with Gasteiger partial charge in [0.2, 0.25) is 0 Å². The second-order valence-corrected chi connectivity index (χ2v) is 6.04. The molecule has 4 nitrogen and oxygen atoms in total. The van der Waals surface area contributed by atoms with Gasteiger partial charge in [-0.15, -0.1) is 0 Å². The summed E-state index contributed by atoms with van der Waals surface area (Å²) in [5.74, 6) is 1.14. The highest BCUT2D eigenvalue weighted by atomic mass is 15.1. The lowest BCUT2D eigenvalue weighted by Gasteiger charge is -2.28. The molecule has 0 fully saturated rings. The van der Waals surface area contributed by atoms with E-state index >= 15 is 0 Å². The quantitative estimate of drug-likeness (QED) is 0.768. The number of hydrogen-bond donors (Lipinski definition) is 1. The van der Waals surface area contributed by atoms with Gasteiger partial charge in [-0.3, -0.25) is 0 Å². The Kier molecular flexibility index (Phi) is 5.82. The first-order chi connectivity index (χ1) is 8.44. The van der Waals surface area contributed by atoms with E-state index in [-0.39, 0.29) is 5.41 Å². The molecule has 0 atom stereocenters. The summed E-state index contributed by atoms with van der Waals surface area (Å²) in [5.41, 5.74) is 0.283. The lowest BCUT2D eigenvalue weighted by atomic mass is 9.93. The van der Waals surface area contributed by atoms with E-state index in [0.29, 0.717) is 0 Å². The van der Waals surface area contributed by atoms with Crippen LogP contribution in [0.5, 0.6) is 0 Å². The van der Waals surface area contributed by atoms with Crippen molar-refractivity contribution in [2.24, 2.45) is 5.41 Å². The Labute approximate surface area is 111 Å². The van der Waals surface area contributed by atoms with Gasteiger partial charge in [-0.2, -0.15) is 0 Å². The van der Waals surface area contributed by atoms with Crippen LogP contribution < -0.4 is 5.32 Å². The van der Waals surface area contributed by atoms with Crippen LogP contribution in [0.2, 0.25) is 0 Å². The first kappa shape index (κ1) is 15.2. The van der Waals surface area contributed by atoms with Crippen LogP contribution >= 0.6 is 0 Å². The molecule has 0 aliphatic rings. The van der Waals surface area contributed by atoms with Gasteiger partial charge in [-0.05, 0) is 25.9 Å². The van der Waals surface area contributed by atoms with E-state index in [2.05, 4.69) is 60.8 Å². The molecule has 18 heavy (non-hydrogen) atoms. The normalized spacial score (nSPS) is 12.3. The third kappa shape index (κ3) is 5.19. The van der Waals surface area contributed by atoms with Crippen LogP contribution in [0.1, 0.15) is 33.0 Å². The molecule has 0 radical (unpaired) electrons. The molecule has 104 valence electrons. The maximum absolute atomic E-state index is 4.41. The summed E-state index contributed by atoms with van der Waals surface area (Å²) in [6.45, 7) is 10.8. The van der Waals surface area contributed by atoms with Gasteiger partial charge in [-0.1, -0.05) is 20.8 Å². The second-order valence-electron chi connectivity index (χ2n) is 6.04. The highest BCUT2D eigenvalue weighted by molar-refractivity contribution is 4.92. The van der Waals surface area contributed by atoms with E-state index in [0.717, 1.165) is 38.4 Å². The van der Waals surface area contributed by atoms with Gasteiger partial charge in [0.15, 0.2) is 0 Å². The Morgan fingerprint density at radius 3 is 2.72 bits per heavy atom. The second kappa shape index (κ2) is 6.90. The van der Waals surface area contributed by atoms with E-state index in [4.69, 9.17) is 0 Å². The average Bonchev–Trinajstić information content (AvgIpc) is 2.64. The molecule has 0 spiro atoms. The Balaban J connectivity index is 2.39. The molecule has 0 aliphatic carbocycles. The van der Waals surface area contributed by atoms with E-state index in [9.17, 15) is 0 Å². The minimum atomic E-state index is 0.283. The molecule has 1 aromatic rings. The van der Waals surface area contributed by atoms with E-state index < -0.39 is 0 Å². The molecule has 0 aromatic carbocycles. The summed E-state index contributed by atoms with van der Waals surface area (Å²) in [5, 5.41) is 3.52. The predicted octanol–water partition coefficient (Wildman–Crippen LogP) is 1.97. The Hall–Kier alpha value is -0.870. The third-order valence-electron chi connectivity index (χ3n) is 2.90. The average molecular weight is 252 g/mol. The van der Waals surface area contributed by atoms with E-state index in [1.54, 1.807) is 0 Å². The Bertz CT molecular complexity index is 341. The van der Waals surface area contributed by atoms with E-state index in [1.165, 1.54) is 0 Å². The molecule has 0 saturated carbocycles. The van der Waals surface area contributed by atoms with Gasteiger partial charge in [0.05, 0.1) is 6.54 Å². The standard InChI is InChI=1S/C14H28N4/c1-6-8-18-9-7-16-13(18)10-15-11-14(2,3)12-17(4)5/h7,9,15H,6,8,10-12H2,1-5H3. The maximum atomic E-state index is 4.41. The first-order valence-corrected chi connectivity index (χ1v) is 6.80. The topological polar surface area (TPSA) is 33.1 Å². The fourth-order valence-electron chi connectivity index (χ4n) is 2.38. The number of nitrogens with one attached hydrogen (secondary N) is 1. The van der Waals surface area contributed by atoms with Crippen LogP contribution in [0.25, 0.3) is 0 Å². The molecule has 1 heterocycles. The predicted molar refractivity (Wildman–Crippen MR) is 76.6 cm³/mol. The number of imidazole rings is 1. The molecule has 1 aromatic heterocycles. The van der Waals surface area contributed by atoms with Crippen LogP contribution in [0.3, 0.4) is 0 Å². The molecular formula is C14H28N4. The van der Waals surface area contributed by atoms with Gasteiger partial charge in [0.1, 0.15) is 5.82 Å². The van der Waals surface area contributed by atoms with Crippen molar-refractivity contribution in [3.63, 3.8) is 0 Å². The van der Waals surface area contributed by atoms with Crippen molar-refractivity contribution in [1.29, 1.82) is 0 Å². The largest absolute Gasteiger partial charge is 0.334 e. The minimum absolute atomic E-state index is 0.283. The van der Waals surface area contributed by atoms with Crippen molar-refractivity contribution in [3.05, 3.63) is 18.2 Å². The smallest absolute Gasteiger partial charge is 0.122 e. The zero-order chi connectivity index (χ0) is 13.6. The molecular weight excluding hydrogens is 224 g/mol. The van der Waals surface area contributed by atoms with Crippen LogP contribution in [0, 0.1) is 5.41 Å². The fraction of sp³-hybridized carbons (Fsp3) is 0.786. The number of nitrogens with zero attached hydrogens (tertiary/aromatic N) is 3. The van der Waals surface area contributed by atoms with Crippen molar-refractivity contribution < 1.29 is 0 Å². The minimum Gasteiger partial charge on any atom is -0.334 e. The zero-order valence-corrected chi connectivity index (χ0v) is 12.5. The molecule has 0 aliphatic heterocycles. The van der Waals surface area contributed by atoms with Crippen LogP contribution in [-0.2, 0) is 13.1 Å². The summed E-state index contributed by atoms with van der Waals surface area (Å²) < 4.78 is 2.23. The molecule has 0 bridgehead atoms. The van der Waals surface area contributed by atoms with Crippen LogP contribution in [-0.4, -0.2) is 41.6 Å².